The highest BCUT2D eigenvalue weighted by molar-refractivity contribution is 6.03. The molecule has 1 aromatic rings. The lowest BCUT2D eigenvalue weighted by Gasteiger charge is -2.41. The minimum atomic E-state index is -0.723. The molecule has 0 saturated carbocycles. The summed E-state index contributed by atoms with van der Waals surface area (Å²) in [4.78, 5) is 14.3. The highest BCUT2D eigenvalue weighted by Crippen LogP contribution is 2.41. The maximum absolute atomic E-state index is 12.6. The molecule has 0 aliphatic carbocycles. The van der Waals surface area contributed by atoms with Gasteiger partial charge in [0.25, 0.3) is 5.91 Å². The Balaban J connectivity index is 2.55. The van der Waals surface area contributed by atoms with E-state index in [0.29, 0.717) is 25.1 Å². The zero-order valence-corrected chi connectivity index (χ0v) is 11.2. The summed E-state index contributed by atoms with van der Waals surface area (Å²) < 4.78 is 5.97. The predicted molar refractivity (Wildman–Crippen MR) is 72.8 cm³/mol. The van der Waals surface area contributed by atoms with Crippen LogP contribution in [0.4, 0.5) is 11.4 Å². The van der Waals surface area contributed by atoms with Crippen LogP contribution in [0, 0.1) is 0 Å². The van der Waals surface area contributed by atoms with Crippen LogP contribution in [0.5, 0.6) is 5.75 Å². The van der Waals surface area contributed by atoms with Crippen molar-refractivity contribution in [3.63, 3.8) is 0 Å². The van der Waals surface area contributed by atoms with Gasteiger partial charge in [-0.25, -0.2) is 0 Å². The minimum Gasteiger partial charge on any atom is -0.475 e. The molecule has 1 aromatic carbocycles. The van der Waals surface area contributed by atoms with Gasteiger partial charge in [0.15, 0.2) is 5.60 Å². The fraction of sp³-hybridized carbons (Fsp3) is 0.500. The number of ether oxygens (including phenoxy) is 1. The third-order valence-electron chi connectivity index (χ3n) is 3.67. The number of hydrogen-bond donors (Lipinski definition) is 1. The molecular weight excluding hydrogens is 228 g/mol. The molecule has 1 aliphatic rings. The molecule has 1 aliphatic heterocycles. The summed E-state index contributed by atoms with van der Waals surface area (Å²) in [6, 6.07) is 5.45. The number of benzene rings is 1. The first-order valence-electron chi connectivity index (χ1n) is 6.48. The number of anilines is 2. The van der Waals surface area contributed by atoms with E-state index in [0.717, 1.165) is 11.4 Å². The Morgan fingerprint density at radius 2 is 1.94 bits per heavy atom. The van der Waals surface area contributed by atoms with E-state index >= 15 is 0 Å². The van der Waals surface area contributed by atoms with Crippen molar-refractivity contribution in [3.05, 3.63) is 18.2 Å². The standard InChI is InChI=1S/C14H20N2O2/c1-4-14(5-2)13(17)16(6-3)11-9-10(15)7-8-12(11)18-14/h7-9H,4-6,15H2,1-3H3. The Morgan fingerprint density at radius 1 is 1.28 bits per heavy atom. The molecule has 4 heteroatoms. The van der Waals surface area contributed by atoms with Crippen molar-refractivity contribution in [2.45, 2.75) is 39.2 Å². The van der Waals surface area contributed by atoms with Crippen molar-refractivity contribution in [1.82, 2.24) is 0 Å². The zero-order valence-electron chi connectivity index (χ0n) is 11.2. The molecule has 1 heterocycles. The Bertz CT molecular complexity index is 467. The van der Waals surface area contributed by atoms with E-state index in [1.54, 1.807) is 17.0 Å². The van der Waals surface area contributed by atoms with Crippen LogP contribution in [0.2, 0.25) is 0 Å². The zero-order chi connectivity index (χ0) is 13.3. The van der Waals surface area contributed by atoms with Crippen molar-refractivity contribution in [2.24, 2.45) is 0 Å². The molecule has 0 saturated heterocycles. The summed E-state index contributed by atoms with van der Waals surface area (Å²) in [5.41, 5.74) is 6.48. The first-order chi connectivity index (χ1) is 8.57. The van der Waals surface area contributed by atoms with E-state index in [1.165, 1.54) is 0 Å². The number of fused-ring (bicyclic) bond motifs is 1. The SMILES string of the molecule is CCN1C(=O)C(CC)(CC)Oc2ccc(N)cc21. The van der Waals surface area contributed by atoms with E-state index in [4.69, 9.17) is 10.5 Å². The van der Waals surface area contributed by atoms with Crippen molar-refractivity contribution in [1.29, 1.82) is 0 Å². The van der Waals surface area contributed by atoms with Crippen LogP contribution < -0.4 is 15.4 Å². The number of nitrogen functional groups attached to an aromatic ring is 1. The number of rotatable bonds is 3. The monoisotopic (exact) mass is 248 g/mol. The van der Waals surface area contributed by atoms with Gasteiger partial charge in [-0.2, -0.15) is 0 Å². The quantitative estimate of drug-likeness (QED) is 0.836. The number of likely N-dealkylation sites (N-methyl/N-ethyl adjacent to an activating group) is 1. The highest BCUT2D eigenvalue weighted by atomic mass is 16.5. The number of hydrogen-bond acceptors (Lipinski definition) is 3. The largest absolute Gasteiger partial charge is 0.475 e. The van der Waals surface area contributed by atoms with Gasteiger partial charge in [-0.3, -0.25) is 4.79 Å². The number of nitrogens with two attached hydrogens (primary N) is 1. The van der Waals surface area contributed by atoms with Gasteiger partial charge in [0, 0.05) is 12.2 Å². The van der Waals surface area contributed by atoms with E-state index < -0.39 is 5.60 Å². The van der Waals surface area contributed by atoms with Crippen LogP contribution in [0.1, 0.15) is 33.6 Å². The molecule has 4 nitrogen and oxygen atoms in total. The summed E-state index contributed by atoms with van der Waals surface area (Å²) in [6.45, 7) is 6.56. The second-order valence-corrected chi connectivity index (χ2v) is 4.58. The number of carbonyl (C=O) groups excluding carboxylic acids is 1. The maximum Gasteiger partial charge on any atom is 0.271 e. The molecule has 0 bridgehead atoms. The number of carbonyl (C=O) groups is 1. The molecule has 0 fully saturated rings. The molecule has 98 valence electrons. The van der Waals surface area contributed by atoms with Crippen molar-refractivity contribution >= 4 is 17.3 Å². The Kier molecular flexibility index (Phi) is 3.20. The van der Waals surface area contributed by atoms with Gasteiger partial charge < -0.3 is 15.4 Å². The third-order valence-corrected chi connectivity index (χ3v) is 3.67. The number of amides is 1. The smallest absolute Gasteiger partial charge is 0.271 e. The van der Waals surface area contributed by atoms with E-state index in [2.05, 4.69) is 0 Å². The first kappa shape index (κ1) is 12.7. The molecular formula is C14H20N2O2. The fourth-order valence-electron chi connectivity index (χ4n) is 2.45. The van der Waals surface area contributed by atoms with Crippen molar-refractivity contribution in [2.75, 3.05) is 17.2 Å². The lowest BCUT2D eigenvalue weighted by molar-refractivity contribution is -0.136. The average molecular weight is 248 g/mol. The van der Waals surface area contributed by atoms with Gasteiger partial charge in [0.2, 0.25) is 0 Å². The van der Waals surface area contributed by atoms with E-state index in [9.17, 15) is 4.79 Å². The first-order valence-corrected chi connectivity index (χ1v) is 6.48. The maximum atomic E-state index is 12.6. The number of nitrogens with zero attached hydrogens (tertiary/aromatic N) is 1. The van der Waals surface area contributed by atoms with Crippen LogP contribution in [0.3, 0.4) is 0 Å². The lowest BCUT2D eigenvalue weighted by atomic mass is 9.92. The van der Waals surface area contributed by atoms with Gasteiger partial charge in [0.1, 0.15) is 5.75 Å². The third kappa shape index (κ3) is 1.72. The second kappa shape index (κ2) is 4.52. The summed E-state index contributed by atoms with van der Waals surface area (Å²) >= 11 is 0. The average Bonchev–Trinajstić information content (AvgIpc) is 2.39. The van der Waals surface area contributed by atoms with Gasteiger partial charge in [-0.05, 0) is 38.0 Å². The Hall–Kier alpha value is -1.71. The summed E-state index contributed by atoms with van der Waals surface area (Å²) in [6.07, 6.45) is 1.34. The predicted octanol–water partition coefficient (Wildman–Crippen LogP) is 2.57. The molecule has 0 atom stereocenters. The molecule has 2 N–H and O–H groups in total. The van der Waals surface area contributed by atoms with E-state index in [1.807, 2.05) is 26.8 Å². The van der Waals surface area contributed by atoms with Crippen LogP contribution in [-0.2, 0) is 4.79 Å². The van der Waals surface area contributed by atoms with E-state index in [-0.39, 0.29) is 5.91 Å². The summed E-state index contributed by atoms with van der Waals surface area (Å²) in [5, 5.41) is 0. The summed E-state index contributed by atoms with van der Waals surface area (Å²) in [5.74, 6) is 0.780. The highest BCUT2D eigenvalue weighted by Gasteiger charge is 2.45. The molecule has 0 unspecified atom stereocenters. The molecule has 0 radical (unpaired) electrons. The van der Waals surface area contributed by atoms with Crippen LogP contribution in [0.25, 0.3) is 0 Å². The van der Waals surface area contributed by atoms with Gasteiger partial charge in [-0.1, -0.05) is 13.8 Å². The Labute approximate surface area is 108 Å². The lowest BCUT2D eigenvalue weighted by Crippen LogP contribution is -2.55. The van der Waals surface area contributed by atoms with Crippen molar-refractivity contribution < 1.29 is 9.53 Å². The molecule has 1 amide bonds. The molecule has 18 heavy (non-hydrogen) atoms. The normalized spacial score (nSPS) is 17.3. The topological polar surface area (TPSA) is 55.6 Å². The van der Waals surface area contributed by atoms with Crippen LogP contribution in [-0.4, -0.2) is 18.1 Å². The van der Waals surface area contributed by atoms with Gasteiger partial charge in [0.05, 0.1) is 5.69 Å². The van der Waals surface area contributed by atoms with Crippen molar-refractivity contribution in [3.8, 4) is 5.75 Å². The van der Waals surface area contributed by atoms with Gasteiger partial charge >= 0.3 is 0 Å². The summed E-state index contributed by atoms with van der Waals surface area (Å²) in [7, 11) is 0. The fourth-order valence-corrected chi connectivity index (χ4v) is 2.45. The van der Waals surface area contributed by atoms with Gasteiger partial charge in [-0.15, -0.1) is 0 Å². The molecule has 0 aromatic heterocycles. The van der Waals surface area contributed by atoms with Crippen LogP contribution >= 0.6 is 0 Å². The minimum absolute atomic E-state index is 0.0353. The van der Waals surface area contributed by atoms with Crippen LogP contribution in [0.15, 0.2) is 18.2 Å². The molecule has 2 rings (SSSR count). The molecule has 0 spiro atoms. The second-order valence-electron chi connectivity index (χ2n) is 4.58. The Morgan fingerprint density at radius 3 is 2.50 bits per heavy atom.